The second-order valence-corrected chi connectivity index (χ2v) is 6.26. The number of primary sulfonamides is 1. The predicted octanol–water partition coefficient (Wildman–Crippen LogP) is 1.73. The first-order chi connectivity index (χ1) is 7.91. The summed E-state index contributed by atoms with van der Waals surface area (Å²) in [5.41, 5.74) is 1.24. The zero-order chi connectivity index (χ0) is 12.6. The first-order valence-corrected chi connectivity index (χ1v) is 7.93. The topological polar surface area (TPSA) is 88.8 Å². The third-order valence-electron chi connectivity index (χ3n) is 2.17. The molecule has 0 saturated carbocycles. The molecule has 0 aliphatic rings. The molecule has 8 heteroatoms. The Morgan fingerprint density at radius 1 is 1.53 bits per heavy atom. The minimum absolute atomic E-state index is 0.0854. The van der Waals surface area contributed by atoms with E-state index in [0.29, 0.717) is 11.0 Å². The van der Waals surface area contributed by atoms with Gasteiger partial charge in [-0.1, -0.05) is 11.6 Å². The molecular formula is C9H10ClN3O2S2. The Bertz CT molecular complexity index is 666. The van der Waals surface area contributed by atoms with E-state index in [2.05, 4.69) is 9.97 Å². The fourth-order valence-electron chi connectivity index (χ4n) is 1.49. The molecule has 5 nitrogen and oxygen atoms in total. The second kappa shape index (κ2) is 4.49. The van der Waals surface area contributed by atoms with Crippen LogP contribution < -0.4 is 5.14 Å². The van der Waals surface area contributed by atoms with Crippen molar-refractivity contribution in [1.29, 1.82) is 0 Å². The van der Waals surface area contributed by atoms with Gasteiger partial charge in [0.1, 0.15) is 10.7 Å². The normalized spacial score (nSPS) is 12.2. The fourth-order valence-corrected chi connectivity index (χ4v) is 2.99. The van der Waals surface area contributed by atoms with Crippen molar-refractivity contribution in [2.75, 3.05) is 6.26 Å². The van der Waals surface area contributed by atoms with Gasteiger partial charge in [-0.3, -0.25) is 0 Å². The highest BCUT2D eigenvalue weighted by atomic mass is 35.5. The number of halogens is 1. The van der Waals surface area contributed by atoms with E-state index < -0.39 is 10.0 Å². The van der Waals surface area contributed by atoms with E-state index >= 15 is 0 Å². The van der Waals surface area contributed by atoms with Gasteiger partial charge in [-0.05, 0) is 18.4 Å². The third kappa shape index (κ3) is 2.57. The second-order valence-electron chi connectivity index (χ2n) is 3.46. The lowest BCUT2D eigenvalue weighted by molar-refractivity contribution is 0.598. The molecule has 3 N–H and O–H groups in total. The highest BCUT2D eigenvalue weighted by Gasteiger charge is 2.15. The first-order valence-electron chi connectivity index (χ1n) is 4.61. The predicted molar refractivity (Wildman–Crippen MR) is 69.7 cm³/mol. The molecule has 2 rings (SSSR count). The lowest BCUT2D eigenvalue weighted by Crippen LogP contribution is -2.12. The summed E-state index contributed by atoms with van der Waals surface area (Å²) in [7, 11) is -3.81. The molecule has 0 atom stereocenters. The number of imidazole rings is 1. The first kappa shape index (κ1) is 12.7. The van der Waals surface area contributed by atoms with Crippen molar-refractivity contribution in [2.45, 2.75) is 10.6 Å². The molecule has 0 radical (unpaired) electrons. The summed E-state index contributed by atoms with van der Waals surface area (Å²) in [4.78, 5) is 7.22. The maximum absolute atomic E-state index is 11.3. The number of benzene rings is 1. The summed E-state index contributed by atoms with van der Waals surface area (Å²) in [5, 5.41) is 5.15. The zero-order valence-electron chi connectivity index (χ0n) is 8.90. The molecule has 0 saturated heterocycles. The lowest BCUT2D eigenvalue weighted by Gasteiger charge is -2.00. The van der Waals surface area contributed by atoms with E-state index in [-0.39, 0.29) is 9.92 Å². The van der Waals surface area contributed by atoms with Crippen LogP contribution in [-0.4, -0.2) is 24.6 Å². The molecule has 2 aromatic rings. The van der Waals surface area contributed by atoms with Crippen LogP contribution in [0.3, 0.4) is 0 Å². The highest BCUT2D eigenvalue weighted by Crippen LogP contribution is 2.26. The smallest absolute Gasteiger partial charge is 0.239 e. The van der Waals surface area contributed by atoms with Crippen molar-refractivity contribution in [3.63, 3.8) is 0 Å². The highest BCUT2D eigenvalue weighted by molar-refractivity contribution is 7.97. The van der Waals surface area contributed by atoms with E-state index in [1.165, 1.54) is 12.1 Å². The Morgan fingerprint density at radius 2 is 2.24 bits per heavy atom. The van der Waals surface area contributed by atoms with Crippen LogP contribution in [0.2, 0.25) is 5.02 Å². The van der Waals surface area contributed by atoms with Crippen molar-refractivity contribution in [1.82, 2.24) is 9.97 Å². The van der Waals surface area contributed by atoms with E-state index in [4.69, 9.17) is 16.7 Å². The summed E-state index contributed by atoms with van der Waals surface area (Å²) in [6, 6.07) is 2.90. The quantitative estimate of drug-likeness (QED) is 0.901. The van der Waals surface area contributed by atoms with Gasteiger partial charge in [0, 0.05) is 0 Å². The summed E-state index contributed by atoms with van der Waals surface area (Å²) >= 11 is 7.47. The number of nitrogens with two attached hydrogens (primary N) is 1. The molecule has 17 heavy (non-hydrogen) atoms. The van der Waals surface area contributed by atoms with E-state index in [0.717, 1.165) is 11.6 Å². The number of nitrogens with one attached hydrogen (secondary N) is 1. The number of aromatic amines is 1. The lowest BCUT2D eigenvalue weighted by atomic mass is 10.3. The number of rotatable bonds is 3. The van der Waals surface area contributed by atoms with Crippen molar-refractivity contribution in [2.24, 2.45) is 5.14 Å². The van der Waals surface area contributed by atoms with Crippen LogP contribution in [0.1, 0.15) is 5.82 Å². The van der Waals surface area contributed by atoms with Crippen LogP contribution in [0.5, 0.6) is 0 Å². The van der Waals surface area contributed by atoms with Gasteiger partial charge in [0.15, 0.2) is 0 Å². The molecule has 0 unspecified atom stereocenters. The third-order valence-corrected chi connectivity index (χ3v) is 4.11. The van der Waals surface area contributed by atoms with Gasteiger partial charge in [-0.2, -0.15) is 11.8 Å². The number of H-pyrrole nitrogens is 1. The van der Waals surface area contributed by atoms with Crippen LogP contribution in [-0.2, 0) is 15.8 Å². The van der Waals surface area contributed by atoms with Crippen molar-refractivity contribution < 1.29 is 8.42 Å². The number of sulfonamides is 1. The molecule has 1 aromatic heterocycles. The molecule has 0 spiro atoms. The van der Waals surface area contributed by atoms with Gasteiger partial charge in [0.25, 0.3) is 0 Å². The molecule has 1 heterocycles. The summed E-state index contributed by atoms with van der Waals surface area (Å²) < 4.78 is 22.6. The van der Waals surface area contributed by atoms with Gasteiger partial charge in [-0.25, -0.2) is 18.5 Å². The fraction of sp³-hybridized carbons (Fsp3) is 0.222. The average molecular weight is 292 g/mol. The summed E-state index contributed by atoms with van der Waals surface area (Å²) in [6.07, 6.45) is 1.95. The van der Waals surface area contributed by atoms with Crippen LogP contribution in [0.15, 0.2) is 17.0 Å². The monoisotopic (exact) mass is 291 g/mol. The van der Waals surface area contributed by atoms with Crippen LogP contribution in [0.25, 0.3) is 11.0 Å². The van der Waals surface area contributed by atoms with Gasteiger partial charge < -0.3 is 4.98 Å². The standard InChI is InChI=1S/C9H10ClN3O2S2/c1-16-4-9-12-6-2-5(10)8(17(11,14)15)3-7(6)13-9/h2-3H,4H2,1H3,(H,12,13)(H2,11,14,15). The number of fused-ring (bicyclic) bond motifs is 1. The van der Waals surface area contributed by atoms with Crippen molar-refractivity contribution >= 4 is 44.4 Å². The zero-order valence-corrected chi connectivity index (χ0v) is 11.3. The Balaban J connectivity index is 2.64. The Hall–Kier alpha value is -0.760. The molecule has 0 aliphatic carbocycles. The van der Waals surface area contributed by atoms with E-state index in [1.54, 1.807) is 11.8 Å². The van der Waals surface area contributed by atoms with Crippen LogP contribution >= 0.6 is 23.4 Å². The Labute approximate surface area is 108 Å². The SMILES string of the molecule is CSCc1nc2cc(Cl)c(S(N)(=O)=O)cc2[nH]1. The molecular weight excluding hydrogens is 282 g/mol. The summed E-state index contributed by atoms with van der Waals surface area (Å²) in [5.74, 6) is 1.49. The number of aromatic nitrogens is 2. The van der Waals surface area contributed by atoms with Crippen LogP contribution in [0, 0.1) is 0 Å². The number of hydrogen-bond acceptors (Lipinski definition) is 4. The Kier molecular flexibility index (Phi) is 3.35. The molecule has 92 valence electrons. The number of thioether (sulfide) groups is 1. The maximum atomic E-state index is 11.3. The van der Waals surface area contributed by atoms with Gasteiger partial charge in [0.05, 0.1) is 21.8 Å². The molecule has 0 aliphatic heterocycles. The Morgan fingerprint density at radius 3 is 2.82 bits per heavy atom. The molecule has 0 amide bonds. The number of nitrogens with zero attached hydrogens (tertiary/aromatic N) is 1. The van der Waals surface area contributed by atoms with Crippen LogP contribution in [0.4, 0.5) is 0 Å². The van der Waals surface area contributed by atoms with E-state index in [9.17, 15) is 8.42 Å². The average Bonchev–Trinajstić information content (AvgIpc) is 2.57. The van der Waals surface area contributed by atoms with Gasteiger partial charge in [0.2, 0.25) is 10.0 Å². The largest absolute Gasteiger partial charge is 0.341 e. The van der Waals surface area contributed by atoms with Gasteiger partial charge >= 0.3 is 0 Å². The van der Waals surface area contributed by atoms with Gasteiger partial charge in [-0.15, -0.1) is 0 Å². The summed E-state index contributed by atoms with van der Waals surface area (Å²) in [6.45, 7) is 0. The minimum Gasteiger partial charge on any atom is -0.341 e. The molecule has 0 bridgehead atoms. The molecule has 0 fully saturated rings. The number of hydrogen-bond donors (Lipinski definition) is 2. The van der Waals surface area contributed by atoms with Crippen molar-refractivity contribution in [3.8, 4) is 0 Å². The van der Waals surface area contributed by atoms with Crippen molar-refractivity contribution in [3.05, 3.63) is 23.0 Å². The maximum Gasteiger partial charge on any atom is 0.239 e. The minimum atomic E-state index is -3.81. The molecule has 1 aromatic carbocycles. The van der Waals surface area contributed by atoms with E-state index in [1.807, 2.05) is 6.26 Å².